The highest BCUT2D eigenvalue weighted by molar-refractivity contribution is 6.74. The Labute approximate surface area is 147 Å². The Kier molecular flexibility index (Phi) is 5.19. The van der Waals surface area contributed by atoms with Gasteiger partial charge >= 0.3 is 5.69 Å². The van der Waals surface area contributed by atoms with E-state index in [0.717, 1.165) is 0 Å². The maximum absolute atomic E-state index is 12.1. The van der Waals surface area contributed by atoms with E-state index in [1.165, 1.54) is 10.8 Å². The number of aromatic nitrogens is 2. The van der Waals surface area contributed by atoms with Gasteiger partial charge in [-0.3, -0.25) is 14.3 Å². The summed E-state index contributed by atoms with van der Waals surface area (Å²) < 4.78 is 13.0. The molecule has 1 saturated heterocycles. The Hall–Kier alpha value is -1.26. The smallest absolute Gasteiger partial charge is 0.330 e. The van der Waals surface area contributed by atoms with Gasteiger partial charge in [0.2, 0.25) is 0 Å². The third-order valence-electron chi connectivity index (χ3n) is 5.15. The third-order valence-corrected chi connectivity index (χ3v) is 9.63. The van der Waals surface area contributed by atoms with Crippen molar-refractivity contribution in [2.24, 2.45) is 0 Å². The lowest BCUT2D eigenvalue weighted by molar-refractivity contribution is -0.191. The van der Waals surface area contributed by atoms with Crippen LogP contribution in [0, 0.1) is 6.92 Å². The lowest BCUT2D eigenvalue weighted by Gasteiger charge is -2.42. The van der Waals surface area contributed by atoms with E-state index in [1.807, 2.05) is 33.9 Å². The molecule has 0 saturated carbocycles. The standard InChI is InChI=1S/C16H28N2O6Si/c1-10-8-18(14(21)17-13(10)20)12-7-16(22,11(9-19)23-12)24-25(5,6)15(2,3)4/h8,11-12,19,22H,7,9H2,1-6H3,(H,17,20,21)/t11-,12-,16-/m1/s1. The van der Waals surface area contributed by atoms with E-state index in [-0.39, 0.29) is 11.5 Å². The predicted octanol–water partition coefficient (Wildman–Crippen LogP) is 0.835. The number of hydrogen-bond acceptors (Lipinski definition) is 6. The van der Waals surface area contributed by atoms with Crippen molar-refractivity contribution in [3.8, 4) is 0 Å². The highest BCUT2D eigenvalue weighted by Crippen LogP contribution is 2.44. The third kappa shape index (κ3) is 3.80. The zero-order valence-electron chi connectivity index (χ0n) is 15.6. The summed E-state index contributed by atoms with van der Waals surface area (Å²) in [4.78, 5) is 25.8. The minimum absolute atomic E-state index is 0.0177. The second-order valence-electron chi connectivity index (χ2n) is 8.15. The van der Waals surface area contributed by atoms with Crippen LogP contribution in [0.5, 0.6) is 0 Å². The van der Waals surface area contributed by atoms with Crippen molar-refractivity contribution < 1.29 is 19.4 Å². The van der Waals surface area contributed by atoms with Gasteiger partial charge in [-0.15, -0.1) is 0 Å². The van der Waals surface area contributed by atoms with E-state index in [0.29, 0.717) is 5.56 Å². The van der Waals surface area contributed by atoms with Crippen molar-refractivity contribution in [1.82, 2.24) is 9.55 Å². The second kappa shape index (κ2) is 6.47. The van der Waals surface area contributed by atoms with Gasteiger partial charge in [-0.05, 0) is 25.1 Å². The lowest BCUT2D eigenvalue weighted by Crippen LogP contribution is -2.54. The first-order valence-corrected chi connectivity index (χ1v) is 11.2. The number of ether oxygens (including phenoxy) is 1. The van der Waals surface area contributed by atoms with Gasteiger partial charge in [0, 0.05) is 18.2 Å². The molecule has 3 atom stereocenters. The number of hydrogen-bond donors (Lipinski definition) is 3. The maximum atomic E-state index is 12.1. The van der Waals surface area contributed by atoms with Crippen LogP contribution < -0.4 is 11.2 Å². The van der Waals surface area contributed by atoms with Crippen LogP contribution in [-0.2, 0) is 9.16 Å². The summed E-state index contributed by atoms with van der Waals surface area (Å²) in [5, 5.41) is 20.5. The normalized spacial score (nSPS) is 27.7. The second-order valence-corrected chi connectivity index (χ2v) is 12.9. The number of H-pyrrole nitrogens is 1. The topological polar surface area (TPSA) is 114 Å². The Morgan fingerprint density at radius 2 is 2.04 bits per heavy atom. The molecule has 1 aliphatic rings. The van der Waals surface area contributed by atoms with Crippen molar-refractivity contribution in [1.29, 1.82) is 0 Å². The van der Waals surface area contributed by atoms with Crippen LogP contribution >= 0.6 is 0 Å². The fourth-order valence-electron chi connectivity index (χ4n) is 2.58. The minimum Gasteiger partial charge on any atom is -0.393 e. The predicted molar refractivity (Wildman–Crippen MR) is 94.9 cm³/mol. The van der Waals surface area contributed by atoms with Crippen LogP contribution in [0.1, 0.15) is 39.0 Å². The molecule has 0 unspecified atom stereocenters. The summed E-state index contributed by atoms with van der Waals surface area (Å²) in [6.45, 7) is 11.2. The molecular formula is C16H28N2O6Si. The molecule has 2 rings (SSSR count). The average Bonchev–Trinajstić information content (AvgIpc) is 2.77. The Balaban J connectivity index is 2.36. The molecule has 8 nitrogen and oxygen atoms in total. The molecule has 1 fully saturated rings. The summed E-state index contributed by atoms with van der Waals surface area (Å²) in [6, 6.07) is 0. The van der Waals surface area contributed by atoms with Crippen LogP contribution in [0.3, 0.4) is 0 Å². The first-order valence-electron chi connectivity index (χ1n) is 8.32. The van der Waals surface area contributed by atoms with Gasteiger partial charge in [0.1, 0.15) is 12.3 Å². The van der Waals surface area contributed by atoms with Gasteiger partial charge in [-0.2, -0.15) is 0 Å². The Bertz CT molecular complexity index is 750. The van der Waals surface area contributed by atoms with Gasteiger partial charge in [-0.1, -0.05) is 20.8 Å². The Morgan fingerprint density at radius 1 is 1.44 bits per heavy atom. The first kappa shape index (κ1) is 20.1. The zero-order chi connectivity index (χ0) is 19.2. The summed E-state index contributed by atoms with van der Waals surface area (Å²) in [7, 11) is -2.35. The molecule has 142 valence electrons. The molecule has 1 aliphatic heterocycles. The number of rotatable bonds is 4. The molecule has 0 bridgehead atoms. The Morgan fingerprint density at radius 3 is 2.56 bits per heavy atom. The maximum Gasteiger partial charge on any atom is 0.330 e. The molecule has 1 aromatic rings. The summed E-state index contributed by atoms with van der Waals surface area (Å²) in [5.41, 5.74) is -0.746. The van der Waals surface area contributed by atoms with E-state index in [4.69, 9.17) is 9.16 Å². The molecule has 0 radical (unpaired) electrons. The summed E-state index contributed by atoms with van der Waals surface area (Å²) in [6.07, 6.45) is -0.449. The number of aliphatic hydroxyl groups is 2. The molecule has 2 heterocycles. The summed E-state index contributed by atoms with van der Waals surface area (Å²) in [5.74, 6) is -1.70. The molecule has 0 spiro atoms. The van der Waals surface area contributed by atoms with E-state index in [9.17, 15) is 19.8 Å². The largest absolute Gasteiger partial charge is 0.393 e. The van der Waals surface area contributed by atoms with Crippen molar-refractivity contribution in [2.45, 2.75) is 70.4 Å². The van der Waals surface area contributed by atoms with Crippen molar-refractivity contribution in [3.05, 3.63) is 32.6 Å². The lowest BCUT2D eigenvalue weighted by atomic mass is 10.1. The zero-order valence-corrected chi connectivity index (χ0v) is 16.6. The van der Waals surface area contributed by atoms with Crippen LogP contribution in [0.25, 0.3) is 0 Å². The van der Waals surface area contributed by atoms with Crippen molar-refractivity contribution in [3.63, 3.8) is 0 Å². The number of aromatic amines is 1. The molecule has 3 N–H and O–H groups in total. The molecule has 9 heteroatoms. The monoisotopic (exact) mass is 372 g/mol. The van der Waals surface area contributed by atoms with Crippen molar-refractivity contribution >= 4 is 8.32 Å². The van der Waals surface area contributed by atoms with Gasteiger partial charge in [0.25, 0.3) is 5.56 Å². The van der Waals surface area contributed by atoms with Crippen LogP contribution in [0.2, 0.25) is 18.1 Å². The number of nitrogens with zero attached hydrogens (tertiary/aromatic N) is 1. The van der Waals surface area contributed by atoms with Gasteiger partial charge < -0.3 is 19.4 Å². The SMILES string of the molecule is Cc1cn([C@H]2C[C@@](O)(O[Si](C)(C)C(C)(C)C)[C@@H](CO)O2)c(=O)[nH]c1=O. The molecule has 0 aromatic carbocycles. The van der Waals surface area contributed by atoms with E-state index >= 15 is 0 Å². The molecule has 1 aromatic heterocycles. The fraction of sp³-hybridized carbons (Fsp3) is 0.750. The average molecular weight is 372 g/mol. The first-order chi connectivity index (χ1) is 11.3. The fourth-order valence-corrected chi connectivity index (χ4v) is 3.98. The van der Waals surface area contributed by atoms with E-state index in [2.05, 4.69) is 4.98 Å². The molecule has 0 aliphatic carbocycles. The molecular weight excluding hydrogens is 344 g/mol. The van der Waals surface area contributed by atoms with E-state index in [1.54, 1.807) is 6.92 Å². The van der Waals surface area contributed by atoms with Gasteiger partial charge in [0.15, 0.2) is 14.1 Å². The highest BCUT2D eigenvalue weighted by atomic mass is 28.4. The minimum atomic E-state index is -2.35. The molecule has 0 amide bonds. The highest BCUT2D eigenvalue weighted by Gasteiger charge is 2.54. The molecule has 25 heavy (non-hydrogen) atoms. The van der Waals surface area contributed by atoms with Crippen LogP contribution in [0.15, 0.2) is 15.8 Å². The number of aryl methyl sites for hydroxylation is 1. The van der Waals surface area contributed by atoms with Crippen LogP contribution in [0.4, 0.5) is 0 Å². The van der Waals surface area contributed by atoms with E-state index < -0.39 is 44.3 Å². The van der Waals surface area contributed by atoms with Gasteiger partial charge in [0.05, 0.1) is 6.61 Å². The quantitative estimate of drug-likeness (QED) is 0.533. The van der Waals surface area contributed by atoms with Crippen molar-refractivity contribution in [2.75, 3.05) is 6.61 Å². The number of aliphatic hydroxyl groups excluding tert-OH is 1. The van der Waals surface area contributed by atoms with Gasteiger partial charge in [-0.25, -0.2) is 4.79 Å². The summed E-state index contributed by atoms with van der Waals surface area (Å²) >= 11 is 0. The van der Waals surface area contributed by atoms with Crippen LogP contribution in [-0.4, -0.2) is 46.6 Å². The number of nitrogens with one attached hydrogen (secondary N) is 1.